The summed E-state index contributed by atoms with van der Waals surface area (Å²) in [7, 11) is 4.41. The van der Waals surface area contributed by atoms with Gasteiger partial charge in [0.25, 0.3) is 0 Å². The van der Waals surface area contributed by atoms with Gasteiger partial charge in [0.05, 0.1) is 10.8 Å². The van der Waals surface area contributed by atoms with Crippen LogP contribution in [0.25, 0.3) is 21.5 Å². The molecule has 0 saturated carbocycles. The molecule has 0 aliphatic rings. The molecule has 0 unspecified atom stereocenters. The lowest BCUT2D eigenvalue weighted by Crippen LogP contribution is -3.00. The topological polar surface area (TPSA) is 7.76 Å². The summed E-state index contributed by atoms with van der Waals surface area (Å²) in [5.41, 5.74) is 5.91. The van der Waals surface area contributed by atoms with E-state index in [0.29, 0.717) is 11.8 Å². The SMILES string of the molecule is CC(C)c1cccc2cc[n+](C)c(CCCCCc3c4c(C(C)C)cccc4cc[n+]3C)c12.[I-].[I-]. The lowest BCUT2D eigenvalue weighted by Gasteiger charge is -2.13. The van der Waals surface area contributed by atoms with Crippen molar-refractivity contribution in [2.45, 2.75) is 71.6 Å². The van der Waals surface area contributed by atoms with Crippen molar-refractivity contribution < 1.29 is 57.1 Å². The van der Waals surface area contributed by atoms with Crippen molar-refractivity contribution >= 4 is 21.5 Å². The van der Waals surface area contributed by atoms with E-state index in [1.54, 1.807) is 0 Å². The second-order valence-corrected chi connectivity index (χ2v) is 10.2. The van der Waals surface area contributed by atoms with Crippen LogP contribution >= 0.6 is 0 Å². The molecule has 0 spiro atoms. The Morgan fingerprint density at radius 3 is 1.34 bits per heavy atom. The fraction of sp³-hybridized carbons (Fsp3) is 0.419. The highest BCUT2D eigenvalue weighted by Crippen LogP contribution is 2.29. The average molecular weight is 694 g/mol. The van der Waals surface area contributed by atoms with E-state index < -0.39 is 0 Å². The highest BCUT2D eigenvalue weighted by molar-refractivity contribution is 5.88. The first-order valence-electron chi connectivity index (χ1n) is 12.7. The standard InChI is InChI=1S/C31H40N2.2HI/c1-22(2)26-14-10-12-24-18-20-32(5)28(30(24)26)16-8-7-9-17-29-31-25(19-21-33(29)6)13-11-15-27(31)23(3)4;;/h10-15,18-23H,7-9,16-17H2,1-6H3;2*1H/q+2;;/p-2. The smallest absolute Gasteiger partial charge is 0.189 e. The van der Waals surface area contributed by atoms with Crippen LogP contribution in [0.2, 0.25) is 0 Å². The van der Waals surface area contributed by atoms with E-state index in [1.807, 2.05) is 0 Å². The summed E-state index contributed by atoms with van der Waals surface area (Å²) in [5.74, 6) is 1.08. The number of benzene rings is 2. The molecular formula is C31H40I2N2. The summed E-state index contributed by atoms with van der Waals surface area (Å²) in [6.45, 7) is 9.23. The summed E-state index contributed by atoms with van der Waals surface area (Å²) >= 11 is 0. The van der Waals surface area contributed by atoms with E-state index in [1.165, 1.54) is 63.3 Å². The minimum absolute atomic E-state index is 0. The third-order valence-corrected chi connectivity index (χ3v) is 7.21. The van der Waals surface area contributed by atoms with Gasteiger partial charge in [-0.05, 0) is 46.6 Å². The quantitative estimate of drug-likeness (QED) is 0.147. The van der Waals surface area contributed by atoms with Crippen molar-refractivity contribution in [1.29, 1.82) is 0 Å². The number of aryl methyl sites for hydroxylation is 4. The van der Waals surface area contributed by atoms with Crippen LogP contribution in [-0.2, 0) is 26.9 Å². The molecule has 0 bridgehead atoms. The molecule has 2 heterocycles. The van der Waals surface area contributed by atoms with Gasteiger partial charge in [-0.25, -0.2) is 9.13 Å². The summed E-state index contributed by atoms with van der Waals surface area (Å²) in [6, 6.07) is 18.1. The Balaban J connectivity index is 0.00000216. The minimum Gasteiger partial charge on any atom is -1.00 e. The molecule has 0 amide bonds. The number of aromatic nitrogens is 2. The largest absolute Gasteiger partial charge is 1.00 e. The Morgan fingerprint density at radius 2 is 0.971 bits per heavy atom. The van der Waals surface area contributed by atoms with Gasteiger partial charge < -0.3 is 48.0 Å². The average Bonchev–Trinajstić information content (AvgIpc) is 2.80. The summed E-state index contributed by atoms with van der Waals surface area (Å²) in [5, 5.41) is 5.69. The van der Waals surface area contributed by atoms with Gasteiger partial charge in [0.2, 0.25) is 0 Å². The number of hydrogen-bond donors (Lipinski definition) is 0. The van der Waals surface area contributed by atoms with E-state index in [0.717, 1.165) is 12.8 Å². The number of unbranched alkanes of at least 4 members (excludes halogenated alkanes) is 2. The zero-order valence-electron chi connectivity index (χ0n) is 22.1. The Labute approximate surface area is 246 Å². The molecule has 0 N–H and O–H groups in total. The van der Waals surface area contributed by atoms with Gasteiger partial charge in [-0.2, -0.15) is 0 Å². The van der Waals surface area contributed by atoms with Gasteiger partial charge in [-0.15, -0.1) is 0 Å². The van der Waals surface area contributed by atoms with Crippen LogP contribution in [0.5, 0.6) is 0 Å². The van der Waals surface area contributed by atoms with Gasteiger partial charge in [0.1, 0.15) is 14.1 Å². The molecule has 0 aliphatic heterocycles. The van der Waals surface area contributed by atoms with Gasteiger partial charge in [-0.3, -0.25) is 0 Å². The van der Waals surface area contributed by atoms with Crippen molar-refractivity contribution in [3.63, 3.8) is 0 Å². The predicted octanol–water partition coefficient (Wildman–Crippen LogP) is 0.852. The molecule has 2 nitrogen and oxygen atoms in total. The fourth-order valence-electron chi connectivity index (χ4n) is 5.37. The molecule has 0 saturated heterocycles. The number of hydrogen-bond acceptors (Lipinski definition) is 0. The molecule has 0 fully saturated rings. The molecule has 4 rings (SSSR count). The highest BCUT2D eigenvalue weighted by atomic mass is 127. The predicted molar refractivity (Wildman–Crippen MR) is 140 cm³/mol. The third-order valence-electron chi connectivity index (χ3n) is 7.21. The fourth-order valence-corrected chi connectivity index (χ4v) is 5.37. The van der Waals surface area contributed by atoms with Gasteiger partial charge in [-0.1, -0.05) is 70.5 Å². The van der Waals surface area contributed by atoms with E-state index in [9.17, 15) is 0 Å². The maximum absolute atomic E-state index is 2.34. The van der Waals surface area contributed by atoms with Gasteiger partial charge >= 0.3 is 0 Å². The molecule has 4 aromatic rings. The number of pyridine rings is 2. The maximum Gasteiger partial charge on any atom is 0.189 e. The third kappa shape index (κ3) is 6.54. The van der Waals surface area contributed by atoms with Crippen molar-refractivity contribution in [3.8, 4) is 0 Å². The molecule has 2 aromatic heterocycles. The normalized spacial score (nSPS) is 11.2. The Morgan fingerprint density at radius 1 is 0.571 bits per heavy atom. The number of rotatable bonds is 8. The van der Waals surface area contributed by atoms with E-state index in [4.69, 9.17) is 0 Å². The Hall–Kier alpha value is -1.28. The van der Waals surface area contributed by atoms with Gasteiger partial charge in [0, 0.05) is 25.0 Å². The first-order chi connectivity index (χ1) is 15.9. The van der Waals surface area contributed by atoms with Crippen LogP contribution in [0.3, 0.4) is 0 Å². The maximum atomic E-state index is 2.34. The van der Waals surface area contributed by atoms with Crippen LogP contribution in [0, 0.1) is 0 Å². The lowest BCUT2D eigenvalue weighted by molar-refractivity contribution is -0.677. The molecule has 4 heteroatoms. The second-order valence-electron chi connectivity index (χ2n) is 10.2. The first-order valence-corrected chi connectivity index (χ1v) is 12.7. The van der Waals surface area contributed by atoms with Crippen LogP contribution in [0.15, 0.2) is 60.9 Å². The molecular weight excluding hydrogens is 654 g/mol. The molecule has 0 radical (unpaired) electrons. The summed E-state index contributed by atoms with van der Waals surface area (Å²) in [6.07, 6.45) is 10.4. The van der Waals surface area contributed by atoms with Crippen LogP contribution in [-0.4, -0.2) is 0 Å². The molecule has 35 heavy (non-hydrogen) atoms. The minimum atomic E-state index is 0. The molecule has 2 aromatic carbocycles. The molecule has 0 aliphatic carbocycles. The molecule has 0 atom stereocenters. The highest BCUT2D eigenvalue weighted by Gasteiger charge is 2.19. The van der Waals surface area contributed by atoms with E-state index in [-0.39, 0.29) is 48.0 Å². The lowest BCUT2D eigenvalue weighted by atomic mass is 9.92. The van der Waals surface area contributed by atoms with Gasteiger partial charge in [0.15, 0.2) is 23.8 Å². The van der Waals surface area contributed by atoms with Crippen LogP contribution in [0.1, 0.15) is 81.3 Å². The Bertz CT molecular complexity index is 1180. The van der Waals surface area contributed by atoms with Crippen LogP contribution in [0.4, 0.5) is 0 Å². The van der Waals surface area contributed by atoms with Crippen molar-refractivity contribution in [1.82, 2.24) is 0 Å². The van der Waals surface area contributed by atoms with Crippen LogP contribution < -0.4 is 57.1 Å². The number of fused-ring (bicyclic) bond motifs is 2. The van der Waals surface area contributed by atoms with E-state index >= 15 is 0 Å². The zero-order chi connectivity index (χ0) is 23.5. The number of halogens is 2. The Kier molecular flexibility index (Phi) is 11.4. The number of nitrogens with zero attached hydrogens (tertiary/aromatic N) is 2. The van der Waals surface area contributed by atoms with Crippen molar-refractivity contribution in [3.05, 3.63) is 83.4 Å². The molecule has 188 valence electrons. The summed E-state index contributed by atoms with van der Waals surface area (Å²) < 4.78 is 4.68. The first kappa shape index (κ1) is 29.9. The monoisotopic (exact) mass is 694 g/mol. The summed E-state index contributed by atoms with van der Waals surface area (Å²) in [4.78, 5) is 0. The second kappa shape index (κ2) is 13.3. The van der Waals surface area contributed by atoms with Crippen molar-refractivity contribution in [2.75, 3.05) is 0 Å². The zero-order valence-corrected chi connectivity index (χ0v) is 26.4. The van der Waals surface area contributed by atoms with Crippen molar-refractivity contribution in [2.24, 2.45) is 14.1 Å². The van der Waals surface area contributed by atoms with E-state index in [2.05, 4.69) is 112 Å².